The Bertz CT molecular complexity index is 551. The summed E-state index contributed by atoms with van der Waals surface area (Å²) in [4.78, 5) is 15.7. The van der Waals surface area contributed by atoms with Crippen molar-refractivity contribution in [1.82, 2.24) is 0 Å². The Labute approximate surface area is 111 Å². The molecule has 90 valence electrons. The van der Waals surface area contributed by atoms with Gasteiger partial charge in [-0.3, -0.25) is 0 Å². The van der Waals surface area contributed by atoms with Crippen LogP contribution in [-0.2, 0) is 4.79 Å². The summed E-state index contributed by atoms with van der Waals surface area (Å²) in [5.74, 6) is 0. The Kier molecular flexibility index (Phi) is 2.84. The zero-order valence-corrected chi connectivity index (χ0v) is 10.9. The van der Waals surface area contributed by atoms with E-state index in [-0.39, 0.29) is 6.04 Å². The first kappa shape index (κ1) is 11.4. The minimum absolute atomic E-state index is 0.159. The number of fused-ring (bicyclic) bond motifs is 2. The van der Waals surface area contributed by atoms with Gasteiger partial charge in [0.25, 0.3) is 0 Å². The fourth-order valence-corrected chi connectivity index (χ4v) is 3.30. The fraction of sp³-hybridized carbons (Fsp3) is 0.133. The predicted molar refractivity (Wildman–Crippen MR) is 74.7 cm³/mol. The molecule has 1 heterocycles. The van der Waals surface area contributed by atoms with Crippen LogP contribution in [0.5, 0.6) is 0 Å². The van der Waals surface area contributed by atoms with Crippen LogP contribution in [0.25, 0.3) is 0 Å². The van der Waals surface area contributed by atoms with Gasteiger partial charge in [0.05, 0.1) is 17.4 Å². The minimum Gasteiger partial charge on any atom is -0.330 e. The van der Waals surface area contributed by atoms with Gasteiger partial charge in [-0.25, -0.2) is 0 Å². The van der Waals surface area contributed by atoms with E-state index in [2.05, 4.69) is 29.2 Å². The number of benzene rings is 2. The second-order valence-electron chi connectivity index (χ2n) is 4.28. The van der Waals surface area contributed by atoms with Gasteiger partial charge in [-0.1, -0.05) is 36.0 Å². The number of para-hydroxylation sites is 2. The Morgan fingerprint density at radius 1 is 1.00 bits per heavy atom. The summed E-state index contributed by atoms with van der Waals surface area (Å²) in [6.07, 6.45) is 0.990. The van der Waals surface area contributed by atoms with Gasteiger partial charge in [0.2, 0.25) is 0 Å². The molecule has 0 spiro atoms. The van der Waals surface area contributed by atoms with Crippen molar-refractivity contribution in [1.29, 1.82) is 0 Å². The first-order valence-electron chi connectivity index (χ1n) is 5.91. The highest BCUT2D eigenvalue weighted by atomic mass is 32.2. The monoisotopic (exact) mass is 255 g/mol. The average molecular weight is 255 g/mol. The molecule has 0 aromatic heterocycles. The Balaban J connectivity index is 2.20. The first-order valence-corrected chi connectivity index (χ1v) is 6.73. The molecule has 2 nitrogen and oxygen atoms in total. The SMILES string of the molecule is CC(C=O)N1c2ccccc2Sc2ccccc21. The lowest BCUT2D eigenvalue weighted by atomic mass is 10.1. The summed E-state index contributed by atoms with van der Waals surface area (Å²) >= 11 is 1.76. The largest absolute Gasteiger partial charge is 0.330 e. The van der Waals surface area contributed by atoms with Crippen LogP contribution in [0, 0.1) is 0 Å². The molecular weight excluding hydrogens is 242 g/mol. The van der Waals surface area contributed by atoms with Crippen LogP contribution in [0.3, 0.4) is 0 Å². The van der Waals surface area contributed by atoms with Gasteiger partial charge >= 0.3 is 0 Å². The lowest BCUT2D eigenvalue weighted by Crippen LogP contribution is -2.31. The third-order valence-corrected chi connectivity index (χ3v) is 4.20. The molecule has 3 rings (SSSR count). The Hall–Kier alpha value is -1.74. The quantitative estimate of drug-likeness (QED) is 0.760. The third-order valence-electron chi connectivity index (χ3n) is 3.07. The predicted octanol–water partition coefficient (Wildman–Crippen LogP) is 3.88. The summed E-state index contributed by atoms with van der Waals surface area (Å²) in [5.41, 5.74) is 2.22. The number of nitrogens with zero attached hydrogens (tertiary/aromatic N) is 1. The van der Waals surface area contributed by atoms with Gasteiger partial charge in [0, 0.05) is 9.79 Å². The van der Waals surface area contributed by atoms with Crippen LogP contribution in [0.2, 0.25) is 0 Å². The van der Waals surface area contributed by atoms with Crippen LogP contribution < -0.4 is 4.90 Å². The molecule has 0 saturated carbocycles. The highest BCUT2D eigenvalue weighted by Crippen LogP contribution is 2.48. The normalized spacial score (nSPS) is 14.6. The highest BCUT2D eigenvalue weighted by Gasteiger charge is 2.25. The zero-order chi connectivity index (χ0) is 12.5. The lowest BCUT2D eigenvalue weighted by Gasteiger charge is -2.34. The van der Waals surface area contributed by atoms with Crippen molar-refractivity contribution >= 4 is 29.4 Å². The van der Waals surface area contributed by atoms with Crippen LogP contribution in [0.15, 0.2) is 58.3 Å². The molecule has 0 amide bonds. The van der Waals surface area contributed by atoms with Gasteiger partial charge in [0.1, 0.15) is 6.29 Å². The molecule has 1 unspecified atom stereocenters. The second kappa shape index (κ2) is 4.50. The van der Waals surface area contributed by atoms with Gasteiger partial charge in [-0.15, -0.1) is 0 Å². The van der Waals surface area contributed by atoms with E-state index < -0.39 is 0 Å². The summed E-state index contributed by atoms with van der Waals surface area (Å²) in [5, 5.41) is 0. The van der Waals surface area contributed by atoms with Crippen molar-refractivity contribution in [2.24, 2.45) is 0 Å². The number of aldehydes is 1. The van der Waals surface area contributed by atoms with Gasteiger partial charge in [-0.2, -0.15) is 0 Å². The minimum atomic E-state index is -0.159. The molecule has 3 heteroatoms. The standard InChI is InChI=1S/C15H13NOS/c1-11(10-17)16-12-6-2-4-8-14(12)18-15-9-5-3-7-13(15)16/h2-11H,1H3. The van der Waals surface area contributed by atoms with Crippen molar-refractivity contribution < 1.29 is 4.79 Å². The second-order valence-corrected chi connectivity index (χ2v) is 5.37. The summed E-state index contributed by atoms with van der Waals surface area (Å²) in [7, 11) is 0. The van der Waals surface area contributed by atoms with E-state index in [9.17, 15) is 4.79 Å². The molecule has 1 atom stereocenters. The van der Waals surface area contributed by atoms with E-state index in [4.69, 9.17) is 0 Å². The molecule has 2 aromatic rings. The topological polar surface area (TPSA) is 20.3 Å². The van der Waals surface area contributed by atoms with Gasteiger partial charge in [0.15, 0.2) is 0 Å². The fourth-order valence-electron chi connectivity index (χ4n) is 2.23. The number of rotatable bonds is 2. The van der Waals surface area contributed by atoms with Crippen molar-refractivity contribution in [3.8, 4) is 0 Å². The van der Waals surface area contributed by atoms with Crippen molar-refractivity contribution in [2.75, 3.05) is 4.90 Å². The van der Waals surface area contributed by atoms with E-state index in [1.54, 1.807) is 11.8 Å². The average Bonchev–Trinajstić information content (AvgIpc) is 2.44. The molecule has 0 aliphatic carbocycles. The molecule has 1 aliphatic heterocycles. The molecule has 18 heavy (non-hydrogen) atoms. The van der Waals surface area contributed by atoms with Crippen LogP contribution in [0.4, 0.5) is 11.4 Å². The Morgan fingerprint density at radius 3 is 2.00 bits per heavy atom. The number of hydrogen-bond acceptors (Lipinski definition) is 3. The smallest absolute Gasteiger partial charge is 0.142 e. The summed E-state index contributed by atoms with van der Waals surface area (Å²) < 4.78 is 0. The number of carbonyl (C=O) groups excluding carboxylic acids is 1. The molecule has 0 saturated heterocycles. The van der Waals surface area contributed by atoms with E-state index in [0.717, 1.165) is 17.7 Å². The van der Waals surface area contributed by atoms with Crippen LogP contribution >= 0.6 is 11.8 Å². The highest BCUT2D eigenvalue weighted by molar-refractivity contribution is 7.99. The Morgan fingerprint density at radius 2 is 1.50 bits per heavy atom. The summed E-state index contributed by atoms with van der Waals surface area (Å²) in [6.45, 7) is 1.93. The van der Waals surface area contributed by atoms with E-state index in [0.29, 0.717) is 0 Å². The number of anilines is 2. The third kappa shape index (κ3) is 1.71. The first-order chi connectivity index (χ1) is 8.81. The molecule has 2 aromatic carbocycles. The zero-order valence-electron chi connectivity index (χ0n) is 10.0. The number of carbonyl (C=O) groups is 1. The number of hydrogen-bond donors (Lipinski definition) is 0. The van der Waals surface area contributed by atoms with Gasteiger partial charge < -0.3 is 9.69 Å². The van der Waals surface area contributed by atoms with Crippen LogP contribution in [0.1, 0.15) is 6.92 Å². The van der Waals surface area contributed by atoms with Crippen LogP contribution in [-0.4, -0.2) is 12.3 Å². The van der Waals surface area contributed by atoms with Crippen molar-refractivity contribution in [3.05, 3.63) is 48.5 Å². The maximum Gasteiger partial charge on any atom is 0.142 e. The van der Waals surface area contributed by atoms with Gasteiger partial charge in [-0.05, 0) is 31.2 Å². The molecular formula is C15H13NOS. The molecule has 0 fully saturated rings. The lowest BCUT2D eigenvalue weighted by molar-refractivity contribution is -0.108. The molecule has 0 bridgehead atoms. The summed E-state index contributed by atoms with van der Waals surface area (Å²) in [6, 6.07) is 16.3. The van der Waals surface area contributed by atoms with E-state index in [1.165, 1.54) is 9.79 Å². The molecule has 0 radical (unpaired) electrons. The van der Waals surface area contributed by atoms with Crippen molar-refractivity contribution in [3.63, 3.8) is 0 Å². The maximum atomic E-state index is 11.2. The van der Waals surface area contributed by atoms with E-state index in [1.807, 2.05) is 31.2 Å². The van der Waals surface area contributed by atoms with Crippen molar-refractivity contribution in [2.45, 2.75) is 22.8 Å². The van der Waals surface area contributed by atoms with E-state index >= 15 is 0 Å². The molecule has 0 N–H and O–H groups in total. The molecule has 1 aliphatic rings. The maximum absolute atomic E-state index is 11.2.